The van der Waals surface area contributed by atoms with Crippen LogP contribution in [0.4, 0.5) is 5.95 Å². The number of likely N-dealkylation sites (N-methyl/N-ethyl adjacent to an activating group) is 2. The molecule has 3 aromatic rings. The summed E-state index contributed by atoms with van der Waals surface area (Å²) in [5.74, 6) is 1.44. The highest BCUT2D eigenvalue weighted by atomic mass is 16.5. The molecular weight excluding hydrogens is 384 g/mol. The van der Waals surface area contributed by atoms with Gasteiger partial charge in [-0.2, -0.15) is 0 Å². The van der Waals surface area contributed by atoms with Crippen molar-refractivity contribution in [1.82, 2.24) is 34.4 Å². The zero-order valence-corrected chi connectivity index (χ0v) is 17.5. The maximum Gasteiger partial charge on any atom is 0.255 e. The zero-order chi connectivity index (χ0) is 21.1. The van der Waals surface area contributed by atoms with Crippen molar-refractivity contribution in [2.75, 3.05) is 58.9 Å². The summed E-state index contributed by atoms with van der Waals surface area (Å²) in [6.07, 6.45) is 5.32. The predicted molar refractivity (Wildman–Crippen MR) is 111 cm³/mol. The average Bonchev–Trinajstić information content (AvgIpc) is 3.21. The van der Waals surface area contributed by atoms with Crippen molar-refractivity contribution >= 4 is 17.5 Å². The molecule has 0 unspecified atom stereocenters. The van der Waals surface area contributed by atoms with Gasteiger partial charge in [-0.25, -0.2) is 9.97 Å². The van der Waals surface area contributed by atoms with Crippen molar-refractivity contribution in [2.24, 2.45) is 0 Å². The topological polar surface area (TPSA) is 92.0 Å². The van der Waals surface area contributed by atoms with E-state index in [1.807, 2.05) is 22.7 Å². The molecule has 0 radical (unpaired) electrons. The van der Waals surface area contributed by atoms with Gasteiger partial charge in [0.15, 0.2) is 11.5 Å². The number of carbonyl (C=O) groups is 1. The van der Waals surface area contributed by atoms with Crippen molar-refractivity contribution in [3.05, 3.63) is 48.2 Å². The third kappa shape index (κ3) is 3.96. The lowest BCUT2D eigenvalue weighted by molar-refractivity contribution is 0.0743. The minimum Gasteiger partial charge on any atom is -0.383 e. The number of hydrogen-bond acceptors (Lipinski definition) is 8. The number of amides is 1. The Labute approximate surface area is 175 Å². The monoisotopic (exact) mass is 410 g/mol. The van der Waals surface area contributed by atoms with E-state index < -0.39 is 0 Å². The van der Waals surface area contributed by atoms with Crippen LogP contribution >= 0.6 is 0 Å². The molecule has 0 aliphatic carbocycles. The minimum absolute atomic E-state index is 0.00544. The lowest BCUT2D eigenvalue weighted by atomic mass is 10.1. The number of nitrogens with zero attached hydrogens (tertiary/aromatic N) is 8. The summed E-state index contributed by atoms with van der Waals surface area (Å²) in [6, 6.07) is 5.42. The van der Waals surface area contributed by atoms with Gasteiger partial charge in [0.05, 0.1) is 18.2 Å². The molecule has 1 saturated heterocycles. The smallest absolute Gasteiger partial charge is 0.255 e. The number of anilines is 1. The molecule has 0 bridgehead atoms. The van der Waals surface area contributed by atoms with Crippen molar-refractivity contribution < 1.29 is 9.53 Å². The van der Waals surface area contributed by atoms with E-state index >= 15 is 0 Å². The van der Waals surface area contributed by atoms with Crippen LogP contribution in [0, 0.1) is 0 Å². The number of fused-ring (bicyclic) bond motifs is 1. The van der Waals surface area contributed by atoms with Crippen LogP contribution in [-0.4, -0.2) is 94.3 Å². The second-order valence-corrected chi connectivity index (χ2v) is 7.41. The molecule has 0 N–H and O–H groups in total. The zero-order valence-electron chi connectivity index (χ0n) is 17.5. The van der Waals surface area contributed by atoms with E-state index in [1.165, 1.54) is 0 Å². The number of carbonyl (C=O) groups excluding carboxylic acids is 1. The highest BCUT2D eigenvalue weighted by molar-refractivity contribution is 5.94. The van der Waals surface area contributed by atoms with Crippen molar-refractivity contribution in [1.29, 1.82) is 0 Å². The summed E-state index contributed by atoms with van der Waals surface area (Å²) in [5.41, 5.74) is 1.30. The maximum atomic E-state index is 12.8. The van der Waals surface area contributed by atoms with E-state index in [-0.39, 0.29) is 11.9 Å². The van der Waals surface area contributed by atoms with Crippen LogP contribution in [0.25, 0.3) is 5.65 Å². The third-order valence-electron chi connectivity index (χ3n) is 5.43. The fourth-order valence-corrected chi connectivity index (χ4v) is 3.60. The molecule has 158 valence electrons. The summed E-state index contributed by atoms with van der Waals surface area (Å²) < 4.78 is 6.98. The quantitative estimate of drug-likeness (QED) is 0.587. The predicted octanol–water partition coefficient (Wildman–Crippen LogP) is 0.731. The van der Waals surface area contributed by atoms with E-state index in [2.05, 4.69) is 37.0 Å². The number of hydrogen-bond donors (Lipinski definition) is 0. The first-order chi connectivity index (χ1) is 14.6. The van der Waals surface area contributed by atoms with E-state index in [0.29, 0.717) is 36.9 Å². The van der Waals surface area contributed by atoms with Crippen molar-refractivity contribution in [3.63, 3.8) is 0 Å². The third-order valence-corrected chi connectivity index (χ3v) is 5.43. The van der Waals surface area contributed by atoms with Crippen LogP contribution < -0.4 is 4.90 Å². The molecule has 3 aromatic heterocycles. The number of piperazine rings is 1. The molecule has 4 heterocycles. The molecule has 30 heavy (non-hydrogen) atoms. The van der Waals surface area contributed by atoms with Crippen LogP contribution in [0.3, 0.4) is 0 Å². The molecule has 10 heteroatoms. The Morgan fingerprint density at radius 2 is 2.03 bits per heavy atom. The standard InChI is InChI=1S/C20H26N8O2/c1-25-9-10-27(20-21-7-4-8-22-20)14-16(25)18-24-23-17-6-5-15(13-28(17)18)19(29)26(2)11-12-30-3/h4-8,13,16H,9-12,14H2,1-3H3/t16-/m0/s1. The Bertz CT molecular complexity index is 1010. The fourth-order valence-electron chi connectivity index (χ4n) is 3.60. The van der Waals surface area contributed by atoms with Gasteiger partial charge in [0.2, 0.25) is 5.95 Å². The Balaban J connectivity index is 1.62. The van der Waals surface area contributed by atoms with Gasteiger partial charge in [0.25, 0.3) is 5.91 Å². The molecule has 1 aliphatic heterocycles. The van der Waals surface area contributed by atoms with Gasteiger partial charge in [-0.1, -0.05) is 0 Å². The Hall–Kier alpha value is -3.11. The lowest BCUT2D eigenvalue weighted by Crippen LogP contribution is -2.47. The number of pyridine rings is 1. The van der Waals surface area contributed by atoms with Gasteiger partial charge in [0, 0.05) is 58.9 Å². The summed E-state index contributed by atoms with van der Waals surface area (Å²) in [4.78, 5) is 27.6. The van der Waals surface area contributed by atoms with Crippen LogP contribution in [0.1, 0.15) is 22.2 Å². The SMILES string of the molecule is COCCN(C)C(=O)c1ccc2nnc([C@@H]3CN(c4ncccn4)CCN3C)n2c1. The summed E-state index contributed by atoms with van der Waals surface area (Å²) >= 11 is 0. The van der Waals surface area contributed by atoms with Crippen LogP contribution in [0.2, 0.25) is 0 Å². The van der Waals surface area contributed by atoms with Gasteiger partial charge in [0.1, 0.15) is 0 Å². The first kappa shape index (κ1) is 20.2. The van der Waals surface area contributed by atoms with E-state index in [9.17, 15) is 4.79 Å². The largest absolute Gasteiger partial charge is 0.383 e. The number of methoxy groups -OCH3 is 1. The molecule has 1 atom stereocenters. The molecule has 0 spiro atoms. The van der Waals surface area contributed by atoms with E-state index in [1.54, 1.807) is 37.5 Å². The van der Waals surface area contributed by atoms with Crippen LogP contribution in [-0.2, 0) is 4.74 Å². The summed E-state index contributed by atoms with van der Waals surface area (Å²) in [7, 11) is 5.46. The minimum atomic E-state index is -0.0649. The normalized spacial score (nSPS) is 17.4. The first-order valence-corrected chi connectivity index (χ1v) is 9.89. The van der Waals surface area contributed by atoms with Gasteiger partial charge >= 0.3 is 0 Å². The Morgan fingerprint density at radius 1 is 1.23 bits per heavy atom. The molecule has 1 aliphatic rings. The van der Waals surface area contributed by atoms with Crippen molar-refractivity contribution in [2.45, 2.75) is 6.04 Å². The van der Waals surface area contributed by atoms with Gasteiger partial charge in [-0.05, 0) is 25.2 Å². The number of aromatic nitrogens is 5. The summed E-state index contributed by atoms with van der Waals surface area (Å²) in [6.45, 7) is 3.39. The average molecular weight is 410 g/mol. The molecule has 1 fully saturated rings. The lowest BCUT2D eigenvalue weighted by Gasteiger charge is -2.38. The van der Waals surface area contributed by atoms with Gasteiger partial charge in [-0.15, -0.1) is 10.2 Å². The second-order valence-electron chi connectivity index (χ2n) is 7.41. The Morgan fingerprint density at radius 3 is 2.80 bits per heavy atom. The van der Waals surface area contributed by atoms with Gasteiger partial charge < -0.3 is 14.5 Å². The maximum absolute atomic E-state index is 12.8. The molecule has 0 aromatic carbocycles. The highest BCUT2D eigenvalue weighted by Crippen LogP contribution is 2.25. The Kier molecular flexibility index (Phi) is 5.86. The molecule has 10 nitrogen and oxygen atoms in total. The number of ether oxygens (including phenoxy) is 1. The van der Waals surface area contributed by atoms with E-state index in [4.69, 9.17) is 4.74 Å². The summed E-state index contributed by atoms with van der Waals surface area (Å²) in [5, 5.41) is 8.76. The molecule has 0 saturated carbocycles. The second kappa shape index (κ2) is 8.72. The molecule has 1 amide bonds. The highest BCUT2D eigenvalue weighted by Gasteiger charge is 2.30. The van der Waals surface area contributed by atoms with Gasteiger partial charge in [-0.3, -0.25) is 14.1 Å². The number of rotatable bonds is 6. The molecular formula is C20H26N8O2. The molecule has 4 rings (SSSR count). The van der Waals surface area contributed by atoms with Crippen LogP contribution in [0.5, 0.6) is 0 Å². The first-order valence-electron chi connectivity index (χ1n) is 9.89. The van der Waals surface area contributed by atoms with Crippen molar-refractivity contribution in [3.8, 4) is 0 Å². The van der Waals surface area contributed by atoms with Crippen LogP contribution in [0.15, 0.2) is 36.8 Å². The fraction of sp³-hybridized carbons (Fsp3) is 0.450. The van der Waals surface area contributed by atoms with E-state index in [0.717, 1.165) is 18.9 Å².